The van der Waals surface area contributed by atoms with Crippen LogP contribution in [0, 0.1) is 35.7 Å². The quantitative estimate of drug-likeness (QED) is 0.844. The first-order chi connectivity index (χ1) is 9.01. The first kappa shape index (κ1) is 12.9. The molecule has 1 N–H and O–H groups in total. The Morgan fingerprint density at radius 2 is 1.79 bits per heavy atom. The van der Waals surface area contributed by atoms with Gasteiger partial charge >= 0.3 is 0 Å². The lowest BCUT2D eigenvalue weighted by Gasteiger charge is -2.08. The zero-order valence-electron chi connectivity index (χ0n) is 9.84. The molecule has 0 unspecified atom stereocenters. The average molecular weight is 263 g/mol. The summed E-state index contributed by atoms with van der Waals surface area (Å²) >= 11 is 0. The zero-order chi connectivity index (χ0) is 14.0. The van der Waals surface area contributed by atoms with Crippen molar-refractivity contribution in [2.24, 2.45) is 0 Å². The maximum Gasteiger partial charge on any atom is 0.194 e. The Morgan fingerprint density at radius 3 is 2.37 bits per heavy atom. The molecule has 1 aromatic heterocycles. The van der Waals surface area contributed by atoms with E-state index in [9.17, 15) is 13.2 Å². The van der Waals surface area contributed by atoms with E-state index in [4.69, 9.17) is 5.26 Å². The fourth-order valence-corrected chi connectivity index (χ4v) is 1.51. The van der Waals surface area contributed by atoms with Gasteiger partial charge in [-0.3, -0.25) is 0 Å². The van der Waals surface area contributed by atoms with Crippen LogP contribution in [0.2, 0.25) is 0 Å². The number of hydrogen-bond donors (Lipinski definition) is 1. The Labute approximate surface area is 107 Å². The predicted molar refractivity (Wildman–Crippen MR) is 63.3 cm³/mol. The smallest absolute Gasteiger partial charge is 0.194 e. The summed E-state index contributed by atoms with van der Waals surface area (Å²) in [6, 6.07) is 6.65. The number of halogens is 3. The van der Waals surface area contributed by atoms with Crippen molar-refractivity contribution in [3.05, 3.63) is 53.0 Å². The number of aromatic nitrogens is 1. The molecule has 2 rings (SSSR count). The lowest BCUT2D eigenvalue weighted by molar-refractivity contribution is 0.448. The molecule has 1 aromatic carbocycles. The minimum atomic E-state index is -1.54. The van der Waals surface area contributed by atoms with Crippen LogP contribution in [0.5, 0.6) is 0 Å². The predicted octanol–water partition coefficient (Wildman–Crippen LogP) is 3.42. The molecule has 0 aliphatic rings. The van der Waals surface area contributed by atoms with Gasteiger partial charge in [-0.25, -0.2) is 18.2 Å². The van der Waals surface area contributed by atoms with Crippen molar-refractivity contribution in [1.82, 2.24) is 4.98 Å². The second kappa shape index (κ2) is 4.98. The second-order valence-corrected chi connectivity index (χ2v) is 3.84. The highest BCUT2D eigenvalue weighted by Gasteiger charge is 2.12. The van der Waals surface area contributed by atoms with E-state index in [1.54, 1.807) is 13.0 Å². The second-order valence-electron chi connectivity index (χ2n) is 3.84. The summed E-state index contributed by atoms with van der Waals surface area (Å²) in [4.78, 5) is 4.05. The number of nitriles is 1. The fraction of sp³-hybridized carbons (Fsp3) is 0.0769. The molecule has 0 aliphatic heterocycles. The van der Waals surface area contributed by atoms with Gasteiger partial charge in [-0.05, 0) is 19.1 Å². The number of benzene rings is 1. The highest BCUT2D eigenvalue weighted by molar-refractivity contribution is 5.62. The molecule has 0 aliphatic carbocycles. The van der Waals surface area contributed by atoms with Crippen LogP contribution in [-0.2, 0) is 0 Å². The Morgan fingerprint density at radius 1 is 1.16 bits per heavy atom. The van der Waals surface area contributed by atoms with Crippen LogP contribution < -0.4 is 5.32 Å². The first-order valence-electron chi connectivity index (χ1n) is 5.30. The molecule has 0 fully saturated rings. The SMILES string of the molecule is Cc1ccc(C#N)c(Nc2cc(F)c(F)c(F)c2)n1. The van der Waals surface area contributed by atoms with Gasteiger partial charge in [0, 0.05) is 23.5 Å². The van der Waals surface area contributed by atoms with Crippen molar-refractivity contribution < 1.29 is 13.2 Å². The molecular formula is C13H8F3N3. The van der Waals surface area contributed by atoms with Gasteiger partial charge in [0.05, 0.1) is 5.56 Å². The Bertz CT molecular complexity index is 654. The van der Waals surface area contributed by atoms with Crippen molar-refractivity contribution in [3.63, 3.8) is 0 Å². The Kier molecular flexibility index (Phi) is 3.38. The fourth-order valence-electron chi connectivity index (χ4n) is 1.51. The molecule has 0 saturated heterocycles. The summed E-state index contributed by atoms with van der Waals surface area (Å²) in [6.45, 7) is 1.71. The molecule has 0 spiro atoms. The number of pyridine rings is 1. The van der Waals surface area contributed by atoms with Gasteiger partial charge < -0.3 is 5.32 Å². The highest BCUT2D eigenvalue weighted by Crippen LogP contribution is 2.22. The normalized spacial score (nSPS) is 10.1. The van der Waals surface area contributed by atoms with Gasteiger partial charge in [0.25, 0.3) is 0 Å². The van der Waals surface area contributed by atoms with Crippen molar-refractivity contribution in [2.45, 2.75) is 6.92 Å². The molecule has 1 heterocycles. The monoisotopic (exact) mass is 263 g/mol. The van der Waals surface area contributed by atoms with Gasteiger partial charge in [0.2, 0.25) is 0 Å². The average Bonchev–Trinajstić information content (AvgIpc) is 2.36. The van der Waals surface area contributed by atoms with Crippen LogP contribution in [0.3, 0.4) is 0 Å². The first-order valence-corrected chi connectivity index (χ1v) is 5.30. The van der Waals surface area contributed by atoms with E-state index < -0.39 is 17.5 Å². The minimum Gasteiger partial charge on any atom is -0.339 e. The maximum atomic E-state index is 13.1. The largest absolute Gasteiger partial charge is 0.339 e. The minimum absolute atomic E-state index is 0.0222. The van der Waals surface area contributed by atoms with Gasteiger partial charge in [0.15, 0.2) is 17.5 Å². The topological polar surface area (TPSA) is 48.7 Å². The van der Waals surface area contributed by atoms with E-state index in [0.29, 0.717) is 5.69 Å². The number of rotatable bonds is 2. The summed E-state index contributed by atoms with van der Waals surface area (Å²) in [7, 11) is 0. The summed E-state index contributed by atoms with van der Waals surface area (Å²) in [5.74, 6) is -4.00. The molecule has 2 aromatic rings. The molecule has 0 bridgehead atoms. The molecule has 3 nitrogen and oxygen atoms in total. The standard InChI is InChI=1S/C13H8F3N3/c1-7-2-3-8(6-17)13(18-7)19-9-4-10(14)12(16)11(15)5-9/h2-5H,1H3,(H,18,19). The Balaban J connectivity index is 2.42. The van der Waals surface area contributed by atoms with E-state index in [1.807, 2.05) is 6.07 Å². The highest BCUT2D eigenvalue weighted by atomic mass is 19.2. The molecule has 96 valence electrons. The third-order valence-corrected chi connectivity index (χ3v) is 2.40. The summed E-state index contributed by atoms with van der Waals surface area (Å²) < 4.78 is 38.9. The zero-order valence-corrected chi connectivity index (χ0v) is 9.84. The van der Waals surface area contributed by atoms with E-state index in [0.717, 1.165) is 12.1 Å². The van der Waals surface area contributed by atoms with Crippen LogP contribution in [0.25, 0.3) is 0 Å². The lowest BCUT2D eigenvalue weighted by atomic mass is 10.2. The maximum absolute atomic E-state index is 13.1. The molecule has 0 radical (unpaired) electrons. The van der Waals surface area contributed by atoms with Crippen LogP contribution in [-0.4, -0.2) is 4.98 Å². The lowest BCUT2D eigenvalue weighted by Crippen LogP contribution is -2.00. The van der Waals surface area contributed by atoms with Crippen LogP contribution >= 0.6 is 0 Å². The Hall–Kier alpha value is -2.55. The number of anilines is 2. The van der Waals surface area contributed by atoms with Gasteiger partial charge in [-0.2, -0.15) is 5.26 Å². The van der Waals surface area contributed by atoms with Crippen LogP contribution in [0.15, 0.2) is 24.3 Å². The third-order valence-electron chi connectivity index (χ3n) is 2.40. The molecule has 0 atom stereocenters. The van der Waals surface area contributed by atoms with E-state index in [2.05, 4.69) is 10.3 Å². The van der Waals surface area contributed by atoms with Gasteiger partial charge in [0.1, 0.15) is 11.9 Å². The van der Waals surface area contributed by atoms with E-state index in [-0.39, 0.29) is 17.1 Å². The summed E-state index contributed by atoms with van der Waals surface area (Å²) in [5, 5.41) is 11.5. The molecular weight excluding hydrogens is 255 g/mol. The molecule has 0 saturated carbocycles. The summed E-state index contributed by atoms with van der Waals surface area (Å²) in [6.07, 6.45) is 0. The number of hydrogen-bond acceptors (Lipinski definition) is 3. The third kappa shape index (κ3) is 2.65. The van der Waals surface area contributed by atoms with E-state index >= 15 is 0 Å². The van der Waals surface area contributed by atoms with Gasteiger partial charge in [-0.15, -0.1) is 0 Å². The molecule has 19 heavy (non-hydrogen) atoms. The van der Waals surface area contributed by atoms with Crippen molar-refractivity contribution in [2.75, 3.05) is 5.32 Å². The molecule has 6 heteroatoms. The van der Waals surface area contributed by atoms with Crippen LogP contribution in [0.1, 0.15) is 11.3 Å². The van der Waals surface area contributed by atoms with Crippen molar-refractivity contribution >= 4 is 11.5 Å². The van der Waals surface area contributed by atoms with E-state index in [1.165, 1.54) is 6.07 Å². The number of nitrogens with one attached hydrogen (secondary N) is 1. The van der Waals surface area contributed by atoms with Crippen LogP contribution in [0.4, 0.5) is 24.7 Å². The van der Waals surface area contributed by atoms with Crippen molar-refractivity contribution in [3.8, 4) is 6.07 Å². The number of aryl methyl sites for hydroxylation is 1. The summed E-state index contributed by atoms with van der Waals surface area (Å²) in [5.41, 5.74) is 0.825. The van der Waals surface area contributed by atoms with Gasteiger partial charge in [-0.1, -0.05) is 0 Å². The van der Waals surface area contributed by atoms with Crippen molar-refractivity contribution in [1.29, 1.82) is 5.26 Å². The molecule has 0 amide bonds. The number of nitrogens with zero attached hydrogens (tertiary/aromatic N) is 2.